The summed E-state index contributed by atoms with van der Waals surface area (Å²) in [7, 11) is 1.50. The molecule has 160 valence electrons. The number of rotatable bonds is 5. The SMILES string of the molecule is CNC(=O)c1ccccc1C(=O)c1cn(Cc2cccc(Br)n2)c2ccc(C)cc2c1=O. The molecule has 6 nitrogen and oxygen atoms in total. The van der Waals surface area contributed by atoms with Crippen LogP contribution in [-0.2, 0) is 6.54 Å². The van der Waals surface area contributed by atoms with Crippen LogP contribution < -0.4 is 10.7 Å². The van der Waals surface area contributed by atoms with Crippen molar-refractivity contribution in [3.63, 3.8) is 0 Å². The monoisotopic (exact) mass is 489 g/mol. The van der Waals surface area contributed by atoms with Crippen LogP contribution in [0.5, 0.6) is 0 Å². The number of fused-ring (bicyclic) bond motifs is 1. The van der Waals surface area contributed by atoms with Gasteiger partial charge in [-0.05, 0) is 53.2 Å². The van der Waals surface area contributed by atoms with E-state index >= 15 is 0 Å². The maximum absolute atomic E-state index is 13.5. The van der Waals surface area contributed by atoms with E-state index in [0.717, 1.165) is 11.3 Å². The second-order valence-electron chi connectivity index (χ2n) is 7.43. The number of benzene rings is 2. The molecule has 32 heavy (non-hydrogen) atoms. The van der Waals surface area contributed by atoms with E-state index in [0.29, 0.717) is 22.1 Å². The van der Waals surface area contributed by atoms with Crippen LogP contribution in [0.3, 0.4) is 0 Å². The number of amides is 1. The molecule has 0 unspecified atom stereocenters. The summed E-state index contributed by atoms with van der Waals surface area (Å²) < 4.78 is 2.55. The van der Waals surface area contributed by atoms with Crippen LogP contribution in [0.25, 0.3) is 10.9 Å². The Morgan fingerprint density at radius 3 is 2.47 bits per heavy atom. The first-order chi connectivity index (χ1) is 15.4. The molecule has 1 N–H and O–H groups in total. The number of pyridine rings is 2. The third-order valence-corrected chi connectivity index (χ3v) is 5.67. The molecule has 0 spiro atoms. The van der Waals surface area contributed by atoms with Crippen molar-refractivity contribution < 1.29 is 9.59 Å². The van der Waals surface area contributed by atoms with Crippen molar-refractivity contribution in [1.29, 1.82) is 0 Å². The summed E-state index contributed by atoms with van der Waals surface area (Å²) >= 11 is 3.38. The van der Waals surface area contributed by atoms with Crippen molar-refractivity contribution in [3.05, 3.63) is 110 Å². The number of hydrogen-bond acceptors (Lipinski definition) is 4. The van der Waals surface area contributed by atoms with E-state index in [1.54, 1.807) is 36.5 Å². The van der Waals surface area contributed by atoms with Gasteiger partial charge in [-0.1, -0.05) is 35.9 Å². The van der Waals surface area contributed by atoms with Gasteiger partial charge >= 0.3 is 0 Å². The van der Waals surface area contributed by atoms with E-state index < -0.39 is 5.78 Å². The topological polar surface area (TPSA) is 81.1 Å². The second-order valence-corrected chi connectivity index (χ2v) is 8.24. The number of hydrogen-bond donors (Lipinski definition) is 1. The Labute approximate surface area is 193 Å². The lowest BCUT2D eigenvalue weighted by molar-refractivity contribution is 0.0950. The largest absolute Gasteiger partial charge is 0.355 e. The van der Waals surface area contributed by atoms with Gasteiger partial charge in [0, 0.05) is 24.2 Å². The van der Waals surface area contributed by atoms with Crippen LogP contribution in [0.1, 0.15) is 37.5 Å². The van der Waals surface area contributed by atoms with Crippen LogP contribution in [-0.4, -0.2) is 28.3 Å². The highest BCUT2D eigenvalue weighted by molar-refractivity contribution is 9.10. The molecule has 7 heteroatoms. The van der Waals surface area contributed by atoms with E-state index in [1.807, 2.05) is 41.8 Å². The van der Waals surface area contributed by atoms with Crippen molar-refractivity contribution in [3.8, 4) is 0 Å². The minimum atomic E-state index is -0.492. The van der Waals surface area contributed by atoms with Gasteiger partial charge in [0.1, 0.15) is 4.60 Å². The quantitative estimate of drug-likeness (QED) is 0.337. The summed E-state index contributed by atoms with van der Waals surface area (Å²) in [6, 6.07) is 17.7. The number of nitrogens with one attached hydrogen (secondary N) is 1. The van der Waals surface area contributed by atoms with Gasteiger partial charge in [0.25, 0.3) is 5.91 Å². The average Bonchev–Trinajstić information content (AvgIpc) is 2.80. The van der Waals surface area contributed by atoms with Gasteiger partial charge in [-0.25, -0.2) is 4.98 Å². The summed E-state index contributed by atoms with van der Waals surface area (Å²) in [6.45, 7) is 2.27. The van der Waals surface area contributed by atoms with E-state index in [-0.39, 0.29) is 28.0 Å². The smallest absolute Gasteiger partial charge is 0.251 e. The molecule has 0 atom stereocenters. The fourth-order valence-corrected chi connectivity index (χ4v) is 4.06. The molecule has 1 amide bonds. The van der Waals surface area contributed by atoms with Gasteiger partial charge in [-0.2, -0.15) is 0 Å². The average molecular weight is 490 g/mol. The Morgan fingerprint density at radius 1 is 1.00 bits per heavy atom. The number of carbonyl (C=O) groups excluding carboxylic acids is 2. The zero-order valence-corrected chi connectivity index (χ0v) is 19.1. The van der Waals surface area contributed by atoms with E-state index in [1.165, 1.54) is 7.05 Å². The van der Waals surface area contributed by atoms with Crippen molar-refractivity contribution in [2.24, 2.45) is 0 Å². The summed E-state index contributed by atoms with van der Waals surface area (Å²) in [5.41, 5.74) is 2.45. The first kappa shape index (κ1) is 21.6. The van der Waals surface area contributed by atoms with Crippen LogP contribution in [0.15, 0.2) is 76.3 Å². The van der Waals surface area contributed by atoms with Gasteiger partial charge in [0.05, 0.1) is 28.9 Å². The fourth-order valence-electron chi connectivity index (χ4n) is 3.68. The van der Waals surface area contributed by atoms with E-state index in [4.69, 9.17) is 0 Å². The Balaban J connectivity index is 1.93. The minimum Gasteiger partial charge on any atom is -0.355 e. The van der Waals surface area contributed by atoms with Crippen molar-refractivity contribution in [2.45, 2.75) is 13.5 Å². The van der Waals surface area contributed by atoms with E-state index in [2.05, 4.69) is 26.2 Å². The molecule has 0 saturated carbocycles. The van der Waals surface area contributed by atoms with Gasteiger partial charge in [0.2, 0.25) is 5.43 Å². The molecule has 4 aromatic rings. The molecule has 2 heterocycles. The summed E-state index contributed by atoms with van der Waals surface area (Å²) in [5.74, 6) is -0.877. The lowest BCUT2D eigenvalue weighted by Gasteiger charge is -2.14. The van der Waals surface area contributed by atoms with Crippen molar-refractivity contribution in [2.75, 3.05) is 7.05 Å². The zero-order chi connectivity index (χ0) is 22.8. The first-order valence-electron chi connectivity index (χ1n) is 10.00. The Bertz CT molecular complexity index is 1430. The fraction of sp³-hybridized carbons (Fsp3) is 0.120. The number of carbonyl (C=O) groups is 2. The normalized spacial score (nSPS) is 10.8. The van der Waals surface area contributed by atoms with Crippen molar-refractivity contribution >= 4 is 38.5 Å². The molecule has 0 bridgehead atoms. The molecular weight excluding hydrogens is 470 g/mol. The number of halogens is 1. The molecule has 4 rings (SSSR count). The maximum Gasteiger partial charge on any atom is 0.251 e. The van der Waals surface area contributed by atoms with Gasteiger partial charge in [0.15, 0.2) is 5.78 Å². The lowest BCUT2D eigenvalue weighted by atomic mass is 9.97. The Hall–Kier alpha value is -3.58. The third kappa shape index (κ3) is 4.11. The number of nitrogens with zero attached hydrogens (tertiary/aromatic N) is 2. The molecule has 2 aromatic heterocycles. The standard InChI is InChI=1S/C25H20BrN3O3/c1-15-10-11-21-19(12-15)24(31)20(14-29(21)13-16-6-5-9-22(26)28-16)23(30)17-7-3-4-8-18(17)25(32)27-2/h3-12,14H,13H2,1-2H3,(H,27,32). The molecule has 2 aromatic carbocycles. The predicted molar refractivity (Wildman–Crippen MR) is 127 cm³/mol. The maximum atomic E-state index is 13.5. The molecule has 0 aliphatic rings. The van der Waals surface area contributed by atoms with Crippen LogP contribution in [0.4, 0.5) is 0 Å². The highest BCUT2D eigenvalue weighted by Crippen LogP contribution is 2.19. The summed E-state index contributed by atoms with van der Waals surface area (Å²) in [5, 5.41) is 2.99. The van der Waals surface area contributed by atoms with Gasteiger partial charge < -0.3 is 9.88 Å². The lowest BCUT2D eigenvalue weighted by Crippen LogP contribution is -2.24. The summed E-state index contributed by atoms with van der Waals surface area (Å²) in [4.78, 5) is 43.6. The zero-order valence-electron chi connectivity index (χ0n) is 17.6. The van der Waals surface area contributed by atoms with E-state index in [9.17, 15) is 14.4 Å². The molecule has 0 aliphatic heterocycles. The number of ketones is 1. The molecule has 0 aliphatic carbocycles. The Kier molecular flexibility index (Phi) is 6.01. The predicted octanol–water partition coefficient (Wildman–Crippen LogP) is 4.11. The summed E-state index contributed by atoms with van der Waals surface area (Å²) in [6.07, 6.45) is 1.56. The number of aromatic nitrogens is 2. The highest BCUT2D eigenvalue weighted by Gasteiger charge is 2.22. The molecule has 0 radical (unpaired) electrons. The van der Waals surface area contributed by atoms with Gasteiger partial charge in [-0.15, -0.1) is 0 Å². The van der Waals surface area contributed by atoms with Crippen LogP contribution >= 0.6 is 15.9 Å². The molecule has 0 fully saturated rings. The Morgan fingerprint density at radius 2 is 1.75 bits per heavy atom. The van der Waals surface area contributed by atoms with Crippen LogP contribution in [0.2, 0.25) is 0 Å². The number of aryl methyl sites for hydroxylation is 1. The molecule has 0 saturated heterocycles. The highest BCUT2D eigenvalue weighted by atomic mass is 79.9. The van der Waals surface area contributed by atoms with Crippen molar-refractivity contribution in [1.82, 2.24) is 14.9 Å². The van der Waals surface area contributed by atoms with Crippen LogP contribution in [0, 0.1) is 6.92 Å². The second kappa shape index (κ2) is 8.88. The first-order valence-corrected chi connectivity index (χ1v) is 10.8. The third-order valence-electron chi connectivity index (χ3n) is 5.23. The molecular formula is C25H20BrN3O3. The van der Waals surface area contributed by atoms with Gasteiger partial charge in [-0.3, -0.25) is 14.4 Å². The minimum absolute atomic E-state index is 0.00875.